The molecule has 0 aliphatic heterocycles. The van der Waals surface area contributed by atoms with Gasteiger partial charge in [0.2, 0.25) is 15.8 Å². The Morgan fingerprint density at radius 1 is 1.60 bits per heavy atom. The number of carbonyl (C=O) groups excluding carboxylic acids is 1. The Kier molecular flexibility index (Phi) is 4.53. The van der Waals surface area contributed by atoms with Gasteiger partial charge in [0.1, 0.15) is 15.5 Å². The fourth-order valence-corrected chi connectivity index (χ4v) is 2.51. The molecule has 0 bridgehead atoms. The Hall–Kier alpha value is -1.91. The molecule has 1 rings (SSSR count). The highest BCUT2D eigenvalue weighted by atomic mass is 35.5. The van der Waals surface area contributed by atoms with Crippen LogP contribution in [0.2, 0.25) is 5.02 Å². The predicted molar refractivity (Wildman–Crippen MR) is 67.1 cm³/mol. The molecule has 110 valence electrons. The third-order valence-corrected chi connectivity index (χ3v) is 3.59. The number of nitro groups is 1. The molecule has 0 amide bonds. The Labute approximate surface area is 118 Å². The minimum atomic E-state index is -4.43. The maximum Gasteiger partial charge on any atom is 0.342 e. The second kappa shape index (κ2) is 5.61. The van der Waals surface area contributed by atoms with Crippen molar-refractivity contribution in [1.82, 2.24) is 0 Å². The van der Waals surface area contributed by atoms with E-state index in [2.05, 4.69) is 4.74 Å². The molecule has 0 unspecified atom stereocenters. The normalized spacial score (nSPS) is 11.2. The van der Waals surface area contributed by atoms with Gasteiger partial charge in [0.15, 0.2) is 0 Å². The number of esters is 1. The summed E-state index contributed by atoms with van der Waals surface area (Å²) in [7, 11) is -4.43. The number of carbonyl (C=O) groups is 1. The van der Waals surface area contributed by atoms with Crippen molar-refractivity contribution in [2.24, 2.45) is 5.14 Å². The van der Waals surface area contributed by atoms with Gasteiger partial charge >= 0.3 is 11.7 Å². The molecule has 1 aromatic carbocycles. The van der Waals surface area contributed by atoms with Crippen LogP contribution in [0.15, 0.2) is 11.0 Å². The first-order valence-corrected chi connectivity index (χ1v) is 6.93. The Morgan fingerprint density at radius 3 is 2.55 bits per heavy atom. The zero-order valence-electron chi connectivity index (χ0n) is 9.99. The summed E-state index contributed by atoms with van der Waals surface area (Å²) in [5.74, 6) is -2.24. The van der Waals surface area contributed by atoms with Gasteiger partial charge < -0.3 is 9.84 Å². The molecule has 9 nitrogen and oxygen atoms in total. The second-order valence-electron chi connectivity index (χ2n) is 3.46. The maximum atomic E-state index is 11.5. The van der Waals surface area contributed by atoms with Gasteiger partial charge in [-0.3, -0.25) is 10.1 Å². The third-order valence-electron chi connectivity index (χ3n) is 2.16. The molecule has 0 heterocycles. The van der Waals surface area contributed by atoms with Crippen molar-refractivity contribution in [3.05, 3.63) is 26.8 Å². The number of sulfonamides is 1. The molecule has 0 spiro atoms. The number of primary sulfonamides is 1. The Bertz CT molecular complexity index is 686. The van der Waals surface area contributed by atoms with Crippen molar-refractivity contribution >= 4 is 33.3 Å². The van der Waals surface area contributed by atoms with Crippen LogP contribution in [0, 0.1) is 10.1 Å². The van der Waals surface area contributed by atoms with Gasteiger partial charge in [-0.25, -0.2) is 18.4 Å². The molecule has 11 heteroatoms. The number of rotatable bonds is 4. The summed E-state index contributed by atoms with van der Waals surface area (Å²) in [5, 5.41) is 24.5. The number of phenols is 1. The number of halogens is 1. The lowest BCUT2D eigenvalue weighted by molar-refractivity contribution is -0.386. The average Bonchev–Trinajstić information content (AvgIpc) is 2.26. The molecule has 3 N–H and O–H groups in total. The number of hydrogen-bond donors (Lipinski definition) is 2. The van der Waals surface area contributed by atoms with Crippen LogP contribution in [0.25, 0.3) is 0 Å². The maximum absolute atomic E-state index is 11.5. The second-order valence-corrected chi connectivity index (χ2v) is 5.36. The Balaban J connectivity index is 3.76. The molecular weight excluding hydrogens is 316 g/mol. The third kappa shape index (κ3) is 2.98. The van der Waals surface area contributed by atoms with E-state index >= 15 is 0 Å². The van der Waals surface area contributed by atoms with E-state index in [1.165, 1.54) is 6.92 Å². The van der Waals surface area contributed by atoms with Crippen LogP contribution >= 0.6 is 11.6 Å². The van der Waals surface area contributed by atoms with E-state index in [1.54, 1.807) is 0 Å². The minimum Gasteiger partial charge on any atom is -0.501 e. The summed E-state index contributed by atoms with van der Waals surface area (Å²) in [6, 6.07) is 0.623. The Morgan fingerprint density at radius 2 is 2.15 bits per heavy atom. The fourth-order valence-electron chi connectivity index (χ4n) is 1.35. The van der Waals surface area contributed by atoms with Gasteiger partial charge in [-0.2, -0.15) is 0 Å². The van der Waals surface area contributed by atoms with Crippen molar-refractivity contribution in [2.45, 2.75) is 11.8 Å². The first-order chi connectivity index (χ1) is 9.11. The van der Waals surface area contributed by atoms with Crippen molar-refractivity contribution < 1.29 is 28.0 Å². The standard InChI is InChI=1S/C9H9ClN2O7S/c1-2-19-9(14)4-3-5(20(11,17)18)6(10)7(8(4)13)12(15)16/h3,13H,2H2,1H3,(H2,11,17,18). The van der Waals surface area contributed by atoms with Gasteiger partial charge in [0.25, 0.3) is 0 Å². The van der Waals surface area contributed by atoms with Gasteiger partial charge in [-0.1, -0.05) is 11.6 Å². The fraction of sp³-hybridized carbons (Fsp3) is 0.222. The quantitative estimate of drug-likeness (QED) is 0.471. The van der Waals surface area contributed by atoms with Crippen LogP contribution in [0.4, 0.5) is 5.69 Å². The summed E-state index contributed by atoms with van der Waals surface area (Å²) in [4.78, 5) is 20.4. The summed E-state index contributed by atoms with van der Waals surface area (Å²) in [6.45, 7) is 1.37. The van der Waals surface area contributed by atoms with Crippen molar-refractivity contribution in [1.29, 1.82) is 0 Å². The number of nitrogens with two attached hydrogens (primary N) is 1. The number of ether oxygens (including phenoxy) is 1. The van der Waals surface area contributed by atoms with Crippen LogP contribution in [0.3, 0.4) is 0 Å². The number of nitro benzene ring substituents is 1. The van der Waals surface area contributed by atoms with Crippen LogP contribution in [-0.2, 0) is 14.8 Å². The van der Waals surface area contributed by atoms with E-state index in [0.717, 1.165) is 0 Å². The van der Waals surface area contributed by atoms with E-state index in [-0.39, 0.29) is 6.61 Å². The molecule has 0 saturated carbocycles. The molecule has 0 aliphatic carbocycles. The molecule has 0 atom stereocenters. The SMILES string of the molecule is CCOC(=O)c1cc(S(N)(=O)=O)c(Cl)c([N+](=O)[O-])c1O. The summed E-state index contributed by atoms with van der Waals surface area (Å²) < 4.78 is 27.2. The van der Waals surface area contributed by atoms with Gasteiger partial charge in [0.05, 0.1) is 11.5 Å². The molecule has 0 radical (unpaired) electrons. The number of nitrogens with zero attached hydrogens (tertiary/aromatic N) is 1. The molecular formula is C9H9ClN2O7S. The molecule has 0 saturated heterocycles. The van der Waals surface area contributed by atoms with Crippen LogP contribution in [0.5, 0.6) is 5.75 Å². The van der Waals surface area contributed by atoms with Gasteiger partial charge in [0, 0.05) is 0 Å². The van der Waals surface area contributed by atoms with E-state index in [9.17, 15) is 28.4 Å². The largest absolute Gasteiger partial charge is 0.501 e. The summed E-state index contributed by atoms with van der Waals surface area (Å²) >= 11 is 5.53. The van der Waals surface area contributed by atoms with Crippen LogP contribution < -0.4 is 5.14 Å². The predicted octanol–water partition coefficient (Wildman–Crippen LogP) is 0.778. The summed E-state index contributed by atoms with van der Waals surface area (Å²) in [6.07, 6.45) is 0. The van der Waals surface area contributed by atoms with E-state index in [0.29, 0.717) is 6.07 Å². The lowest BCUT2D eigenvalue weighted by Crippen LogP contribution is -2.15. The van der Waals surface area contributed by atoms with Crippen LogP contribution in [-0.4, -0.2) is 31.0 Å². The zero-order valence-corrected chi connectivity index (χ0v) is 11.6. The van der Waals surface area contributed by atoms with E-state index in [1.807, 2.05) is 0 Å². The topological polar surface area (TPSA) is 150 Å². The van der Waals surface area contributed by atoms with E-state index in [4.69, 9.17) is 16.7 Å². The monoisotopic (exact) mass is 324 g/mol. The lowest BCUT2D eigenvalue weighted by atomic mass is 10.1. The highest BCUT2D eigenvalue weighted by Crippen LogP contribution is 2.41. The minimum absolute atomic E-state index is 0.0839. The first-order valence-electron chi connectivity index (χ1n) is 5.01. The van der Waals surface area contributed by atoms with Gasteiger partial charge in [-0.15, -0.1) is 0 Å². The smallest absolute Gasteiger partial charge is 0.342 e. The highest BCUT2D eigenvalue weighted by molar-refractivity contribution is 7.89. The number of phenolic OH excluding ortho intramolecular Hbond substituents is 1. The van der Waals surface area contributed by atoms with Crippen molar-refractivity contribution in [2.75, 3.05) is 6.61 Å². The van der Waals surface area contributed by atoms with Crippen molar-refractivity contribution in [3.8, 4) is 5.75 Å². The van der Waals surface area contributed by atoms with Crippen molar-refractivity contribution in [3.63, 3.8) is 0 Å². The first kappa shape index (κ1) is 16.1. The highest BCUT2D eigenvalue weighted by Gasteiger charge is 2.32. The van der Waals surface area contributed by atoms with Crippen LogP contribution in [0.1, 0.15) is 17.3 Å². The lowest BCUT2D eigenvalue weighted by Gasteiger charge is -2.09. The number of benzene rings is 1. The molecule has 20 heavy (non-hydrogen) atoms. The zero-order chi connectivity index (χ0) is 15.7. The number of hydrogen-bond acceptors (Lipinski definition) is 7. The van der Waals surface area contributed by atoms with Gasteiger partial charge in [-0.05, 0) is 13.0 Å². The average molecular weight is 325 g/mol. The molecule has 0 aromatic heterocycles. The summed E-state index contributed by atoms with van der Waals surface area (Å²) in [5.41, 5.74) is -1.85. The molecule has 0 aliphatic rings. The number of aromatic hydroxyl groups is 1. The van der Waals surface area contributed by atoms with E-state index < -0.39 is 47.8 Å². The molecule has 1 aromatic rings. The molecule has 0 fully saturated rings.